The number of Topliss-reactive ketones (excluding diaryl/α,β-unsaturated/α-hetero) is 3. The number of halogens is 1. The van der Waals surface area contributed by atoms with E-state index in [0.29, 0.717) is 11.1 Å². The highest BCUT2D eigenvalue weighted by molar-refractivity contribution is 9.10. The van der Waals surface area contributed by atoms with Gasteiger partial charge in [0.25, 0.3) is 0 Å². The van der Waals surface area contributed by atoms with Gasteiger partial charge in [-0.05, 0) is 19.1 Å². The fraction of sp³-hybridized carbons (Fsp3) is 0.118. The molecule has 0 aliphatic rings. The van der Waals surface area contributed by atoms with Crippen LogP contribution in [0.2, 0.25) is 0 Å². The normalized spacial score (nSPS) is 11.7. The Bertz CT molecular complexity index is 675. The van der Waals surface area contributed by atoms with Crippen molar-refractivity contribution in [2.45, 2.75) is 6.92 Å². The quantitative estimate of drug-likeness (QED) is 0.613. The van der Waals surface area contributed by atoms with Crippen LogP contribution in [0.15, 0.2) is 59.1 Å². The minimum Gasteiger partial charge on any atom is -0.299 e. The predicted octanol–water partition coefficient (Wildman–Crippen LogP) is 3.72. The summed E-state index contributed by atoms with van der Waals surface area (Å²) < 4.78 is 0.827. The summed E-state index contributed by atoms with van der Waals surface area (Å²) in [6.07, 6.45) is 0. The highest BCUT2D eigenvalue weighted by Crippen LogP contribution is 2.18. The van der Waals surface area contributed by atoms with Crippen LogP contribution in [0.3, 0.4) is 0 Å². The van der Waals surface area contributed by atoms with Gasteiger partial charge in [0.2, 0.25) is 0 Å². The minimum absolute atomic E-state index is 0.350. The predicted molar refractivity (Wildman–Crippen MR) is 83.4 cm³/mol. The third kappa shape index (κ3) is 3.52. The molecule has 2 aromatic rings. The van der Waals surface area contributed by atoms with Crippen molar-refractivity contribution >= 4 is 33.3 Å². The molecule has 0 aliphatic heterocycles. The lowest BCUT2D eigenvalue weighted by atomic mass is 9.87. The van der Waals surface area contributed by atoms with Crippen LogP contribution < -0.4 is 0 Å². The molecule has 0 bridgehead atoms. The summed E-state index contributed by atoms with van der Waals surface area (Å²) >= 11 is 3.28. The lowest BCUT2D eigenvalue weighted by Gasteiger charge is -2.12. The van der Waals surface area contributed by atoms with Crippen LogP contribution in [0, 0.1) is 5.92 Å². The van der Waals surface area contributed by atoms with Gasteiger partial charge in [-0.3, -0.25) is 14.4 Å². The molecular weight excluding hydrogens is 332 g/mol. The van der Waals surface area contributed by atoms with E-state index in [2.05, 4.69) is 15.9 Å². The summed E-state index contributed by atoms with van der Waals surface area (Å²) in [7, 11) is 0. The molecule has 0 saturated carbocycles. The van der Waals surface area contributed by atoms with Gasteiger partial charge in [-0.25, -0.2) is 0 Å². The van der Waals surface area contributed by atoms with Gasteiger partial charge in [0.1, 0.15) is 11.7 Å². The lowest BCUT2D eigenvalue weighted by molar-refractivity contribution is -0.118. The standard InChI is InChI=1S/C17H13BrO3/c1-11(19)15(16(20)12-5-3-2-4-6-12)17(21)13-7-9-14(18)10-8-13/h2-10,15H,1H3. The maximum absolute atomic E-state index is 12.5. The molecule has 2 aromatic carbocycles. The first-order valence-corrected chi connectivity index (χ1v) is 7.19. The van der Waals surface area contributed by atoms with Gasteiger partial charge in [-0.2, -0.15) is 0 Å². The molecule has 0 heterocycles. The van der Waals surface area contributed by atoms with Crippen LogP contribution in [-0.2, 0) is 4.79 Å². The molecular formula is C17H13BrO3. The molecule has 0 saturated heterocycles. The number of hydrogen-bond donors (Lipinski definition) is 0. The van der Waals surface area contributed by atoms with Crippen molar-refractivity contribution in [2.24, 2.45) is 5.92 Å². The largest absolute Gasteiger partial charge is 0.299 e. The van der Waals surface area contributed by atoms with E-state index in [-0.39, 0.29) is 0 Å². The van der Waals surface area contributed by atoms with Crippen LogP contribution >= 0.6 is 15.9 Å². The Kier molecular flexibility index (Phi) is 4.81. The van der Waals surface area contributed by atoms with Crippen LogP contribution in [0.1, 0.15) is 27.6 Å². The van der Waals surface area contributed by atoms with Gasteiger partial charge < -0.3 is 0 Å². The molecule has 106 valence electrons. The first-order chi connectivity index (χ1) is 10.0. The van der Waals surface area contributed by atoms with Gasteiger partial charge in [0, 0.05) is 15.6 Å². The van der Waals surface area contributed by atoms with E-state index in [1.54, 1.807) is 54.6 Å². The fourth-order valence-electron chi connectivity index (χ4n) is 2.04. The van der Waals surface area contributed by atoms with Gasteiger partial charge in [0.05, 0.1) is 0 Å². The summed E-state index contributed by atoms with van der Waals surface area (Å²) in [4.78, 5) is 36.7. The Morgan fingerprint density at radius 2 is 1.29 bits per heavy atom. The summed E-state index contributed by atoms with van der Waals surface area (Å²) in [6, 6.07) is 15.0. The summed E-state index contributed by atoms with van der Waals surface area (Å²) in [5, 5.41) is 0. The second-order valence-corrected chi connectivity index (χ2v) is 5.56. The zero-order valence-corrected chi connectivity index (χ0v) is 13.0. The Labute approximate surface area is 131 Å². The molecule has 0 radical (unpaired) electrons. The van der Waals surface area contributed by atoms with Crippen LogP contribution in [0.5, 0.6) is 0 Å². The monoisotopic (exact) mass is 344 g/mol. The highest BCUT2D eigenvalue weighted by atomic mass is 79.9. The van der Waals surface area contributed by atoms with Gasteiger partial charge in [-0.1, -0.05) is 58.4 Å². The van der Waals surface area contributed by atoms with Gasteiger partial charge in [0.15, 0.2) is 11.6 Å². The van der Waals surface area contributed by atoms with Crippen molar-refractivity contribution in [3.8, 4) is 0 Å². The smallest absolute Gasteiger partial charge is 0.181 e. The molecule has 1 unspecified atom stereocenters. The van der Waals surface area contributed by atoms with Gasteiger partial charge >= 0.3 is 0 Å². The van der Waals surface area contributed by atoms with Crippen molar-refractivity contribution in [2.75, 3.05) is 0 Å². The summed E-state index contributed by atoms with van der Waals surface area (Å²) in [5.74, 6) is -2.66. The fourth-order valence-corrected chi connectivity index (χ4v) is 2.30. The summed E-state index contributed by atoms with van der Waals surface area (Å²) in [5.41, 5.74) is 0.714. The van der Waals surface area contributed by atoms with Crippen molar-refractivity contribution in [3.05, 3.63) is 70.2 Å². The summed E-state index contributed by atoms with van der Waals surface area (Å²) in [6.45, 7) is 1.27. The van der Waals surface area contributed by atoms with E-state index in [9.17, 15) is 14.4 Å². The molecule has 21 heavy (non-hydrogen) atoms. The van der Waals surface area contributed by atoms with Crippen molar-refractivity contribution in [3.63, 3.8) is 0 Å². The van der Waals surface area contributed by atoms with E-state index in [1.807, 2.05) is 0 Å². The van der Waals surface area contributed by atoms with E-state index in [0.717, 1.165) is 4.47 Å². The molecule has 0 spiro atoms. The second kappa shape index (κ2) is 6.59. The van der Waals surface area contributed by atoms with Crippen LogP contribution in [0.25, 0.3) is 0 Å². The average Bonchev–Trinajstić information content (AvgIpc) is 2.48. The Morgan fingerprint density at radius 3 is 1.76 bits per heavy atom. The van der Waals surface area contributed by atoms with E-state index in [1.165, 1.54) is 6.92 Å². The molecule has 0 fully saturated rings. The molecule has 0 aliphatic carbocycles. The second-order valence-electron chi connectivity index (χ2n) is 4.65. The first kappa shape index (κ1) is 15.3. The highest BCUT2D eigenvalue weighted by Gasteiger charge is 2.32. The number of carbonyl (C=O) groups excluding carboxylic acids is 3. The Balaban J connectivity index is 2.35. The zero-order valence-electron chi connectivity index (χ0n) is 11.4. The molecule has 0 amide bonds. The molecule has 1 atom stereocenters. The topological polar surface area (TPSA) is 51.2 Å². The van der Waals surface area contributed by atoms with Crippen LogP contribution in [-0.4, -0.2) is 17.3 Å². The van der Waals surface area contributed by atoms with Crippen molar-refractivity contribution in [1.82, 2.24) is 0 Å². The number of carbonyl (C=O) groups is 3. The van der Waals surface area contributed by atoms with E-state index in [4.69, 9.17) is 0 Å². The number of ketones is 3. The van der Waals surface area contributed by atoms with E-state index < -0.39 is 23.3 Å². The first-order valence-electron chi connectivity index (χ1n) is 6.40. The Hall–Kier alpha value is -2.07. The number of hydrogen-bond acceptors (Lipinski definition) is 3. The maximum atomic E-state index is 12.5. The Morgan fingerprint density at radius 1 is 0.810 bits per heavy atom. The number of benzene rings is 2. The van der Waals surface area contributed by atoms with Crippen molar-refractivity contribution in [1.29, 1.82) is 0 Å². The van der Waals surface area contributed by atoms with Gasteiger partial charge in [-0.15, -0.1) is 0 Å². The third-order valence-electron chi connectivity index (χ3n) is 3.12. The molecule has 0 N–H and O–H groups in total. The molecule has 4 heteroatoms. The van der Waals surface area contributed by atoms with E-state index >= 15 is 0 Å². The maximum Gasteiger partial charge on any atom is 0.181 e. The third-order valence-corrected chi connectivity index (χ3v) is 3.65. The molecule has 0 aromatic heterocycles. The molecule has 3 nitrogen and oxygen atoms in total. The van der Waals surface area contributed by atoms with Crippen LogP contribution in [0.4, 0.5) is 0 Å². The zero-order chi connectivity index (χ0) is 15.4. The average molecular weight is 345 g/mol. The SMILES string of the molecule is CC(=O)C(C(=O)c1ccccc1)C(=O)c1ccc(Br)cc1. The minimum atomic E-state index is -1.28. The lowest BCUT2D eigenvalue weighted by Crippen LogP contribution is -2.30. The molecule has 2 rings (SSSR count). The number of rotatable bonds is 5. The van der Waals surface area contributed by atoms with Crippen molar-refractivity contribution < 1.29 is 14.4 Å².